The van der Waals surface area contributed by atoms with E-state index in [0.29, 0.717) is 18.2 Å². The number of aromatic nitrogens is 2. The molecule has 1 saturated carbocycles. The molecule has 1 amide bonds. The van der Waals surface area contributed by atoms with E-state index in [1.165, 1.54) is 5.56 Å². The van der Waals surface area contributed by atoms with Crippen LogP contribution in [0.1, 0.15) is 55.8 Å². The van der Waals surface area contributed by atoms with E-state index in [4.69, 9.17) is 5.26 Å². The first-order valence-corrected chi connectivity index (χ1v) is 9.92. The molecule has 2 aliphatic rings. The minimum atomic E-state index is -0.350. The van der Waals surface area contributed by atoms with E-state index in [9.17, 15) is 4.79 Å². The van der Waals surface area contributed by atoms with Crippen LogP contribution in [0, 0.1) is 11.3 Å². The van der Waals surface area contributed by atoms with Gasteiger partial charge in [-0.1, -0.05) is 38.1 Å². The summed E-state index contributed by atoms with van der Waals surface area (Å²) in [7, 11) is 0. The molecule has 1 N–H and O–H groups in total. The molecule has 1 aliphatic heterocycles. The van der Waals surface area contributed by atoms with Crippen LogP contribution in [0.25, 0.3) is 0 Å². The summed E-state index contributed by atoms with van der Waals surface area (Å²) in [4.78, 5) is 15.1. The lowest BCUT2D eigenvalue weighted by atomic mass is 9.92. The van der Waals surface area contributed by atoms with E-state index < -0.39 is 0 Å². The lowest BCUT2D eigenvalue weighted by Crippen LogP contribution is -2.43. The van der Waals surface area contributed by atoms with Gasteiger partial charge in [-0.15, -0.1) is 10.2 Å². The Bertz CT molecular complexity index is 894. The van der Waals surface area contributed by atoms with Gasteiger partial charge >= 0.3 is 0 Å². The monoisotopic (exact) mass is 375 g/mol. The number of carbonyl (C=O) groups is 1. The molecular formula is C22H25N5O. The van der Waals surface area contributed by atoms with Crippen LogP contribution in [-0.2, 0) is 10.2 Å². The van der Waals surface area contributed by atoms with Crippen molar-refractivity contribution in [3.8, 4) is 6.07 Å². The molecule has 1 aromatic carbocycles. The summed E-state index contributed by atoms with van der Waals surface area (Å²) in [6, 6.07) is 14.1. The zero-order valence-corrected chi connectivity index (χ0v) is 16.4. The van der Waals surface area contributed by atoms with Gasteiger partial charge < -0.3 is 10.2 Å². The van der Waals surface area contributed by atoms with Gasteiger partial charge in [0, 0.05) is 19.1 Å². The van der Waals surface area contributed by atoms with Gasteiger partial charge in [-0.05, 0) is 48.4 Å². The van der Waals surface area contributed by atoms with Crippen molar-refractivity contribution in [2.24, 2.45) is 0 Å². The zero-order chi connectivity index (χ0) is 19.7. The standard InChI is InChI=1S/C22H25N5O/c1-15(2)16-3-5-17(6-4-16)22(10-11-22)21(28)24-19-9-12-27(14-19)20-8-7-18(13-23)25-26-20/h3-8,15,19H,9-12,14H2,1-2H3,(H,24,28). The molecule has 28 heavy (non-hydrogen) atoms. The largest absolute Gasteiger partial charge is 0.353 e. The van der Waals surface area contributed by atoms with E-state index in [1.54, 1.807) is 6.07 Å². The highest BCUT2D eigenvalue weighted by Crippen LogP contribution is 2.48. The fraction of sp³-hybridized carbons (Fsp3) is 0.455. The molecule has 6 nitrogen and oxygen atoms in total. The highest BCUT2D eigenvalue weighted by molar-refractivity contribution is 5.91. The van der Waals surface area contributed by atoms with Crippen LogP contribution in [0.15, 0.2) is 36.4 Å². The molecule has 1 aliphatic carbocycles. The van der Waals surface area contributed by atoms with E-state index in [-0.39, 0.29) is 17.4 Å². The molecule has 1 unspecified atom stereocenters. The summed E-state index contributed by atoms with van der Waals surface area (Å²) in [5.74, 6) is 1.39. The second kappa shape index (κ2) is 7.23. The minimum absolute atomic E-state index is 0.109. The Morgan fingerprint density at radius 1 is 1.21 bits per heavy atom. The fourth-order valence-corrected chi connectivity index (χ4v) is 3.92. The molecule has 6 heteroatoms. The van der Waals surface area contributed by atoms with E-state index in [1.807, 2.05) is 12.1 Å². The van der Waals surface area contributed by atoms with Gasteiger partial charge in [-0.2, -0.15) is 5.26 Å². The Balaban J connectivity index is 1.39. The molecule has 1 atom stereocenters. The van der Waals surface area contributed by atoms with Crippen LogP contribution in [0.4, 0.5) is 5.82 Å². The molecule has 2 heterocycles. The maximum Gasteiger partial charge on any atom is 0.230 e. The maximum absolute atomic E-state index is 13.0. The van der Waals surface area contributed by atoms with E-state index in [0.717, 1.165) is 37.2 Å². The Morgan fingerprint density at radius 2 is 1.96 bits per heavy atom. The lowest BCUT2D eigenvalue weighted by Gasteiger charge is -2.21. The number of amides is 1. The number of hydrogen-bond acceptors (Lipinski definition) is 5. The molecule has 4 rings (SSSR count). The lowest BCUT2D eigenvalue weighted by molar-refractivity contribution is -0.124. The Hall–Kier alpha value is -2.94. The average Bonchev–Trinajstić information content (AvgIpc) is 3.41. The number of nitriles is 1. The number of rotatable bonds is 5. The second-order valence-corrected chi connectivity index (χ2v) is 8.15. The van der Waals surface area contributed by atoms with Crippen LogP contribution in [-0.4, -0.2) is 35.2 Å². The maximum atomic E-state index is 13.0. The molecular weight excluding hydrogens is 350 g/mol. The van der Waals surface area contributed by atoms with Crippen LogP contribution in [0.2, 0.25) is 0 Å². The van der Waals surface area contributed by atoms with Crippen molar-refractivity contribution < 1.29 is 4.79 Å². The minimum Gasteiger partial charge on any atom is -0.353 e. The van der Waals surface area contributed by atoms with Gasteiger partial charge in [0.15, 0.2) is 11.5 Å². The highest BCUT2D eigenvalue weighted by atomic mass is 16.2. The molecule has 1 saturated heterocycles. The number of carbonyl (C=O) groups excluding carboxylic acids is 1. The third kappa shape index (κ3) is 3.45. The van der Waals surface area contributed by atoms with Crippen molar-refractivity contribution in [1.29, 1.82) is 5.26 Å². The molecule has 2 fully saturated rings. The van der Waals surface area contributed by atoms with Gasteiger partial charge in [0.2, 0.25) is 5.91 Å². The van der Waals surface area contributed by atoms with Crippen molar-refractivity contribution >= 4 is 11.7 Å². The predicted octanol–water partition coefficient (Wildman–Crippen LogP) is 2.90. The normalized spacial score (nSPS) is 20.1. The number of nitrogens with zero attached hydrogens (tertiary/aromatic N) is 4. The molecule has 144 valence electrons. The van der Waals surface area contributed by atoms with Crippen LogP contribution in [0.3, 0.4) is 0 Å². The summed E-state index contributed by atoms with van der Waals surface area (Å²) in [6.45, 7) is 5.90. The Morgan fingerprint density at radius 3 is 2.54 bits per heavy atom. The third-order valence-corrected chi connectivity index (χ3v) is 5.93. The summed E-state index contributed by atoms with van der Waals surface area (Å²) in [6.07, 6.45) is 2.71. The van der Waals surface area contributed by atoms with Crippen molar-refractivity contribution in [2.45, 2.75) is 50.5 Å². The van der Waals surface area contributed by atoms with Crippen molar-refractivity contribution in [3.63, 3.8) is 0 Å². The number of hydrogen-bond donors (Lipinski definition) is 1. The summed E-state index contributed by atoms with van der Waals surface area (Å²) in [5, 5.41) is 20.1. The fourth-order valence-electron chi connectivity index (χ4n) is 3.92. The van der Waals surface area contributed by atoms with Crippen LogP contribution < -0.4 is 10.2 Å². The SMILES string of the molecule is CC(C)c1ccc(C2(C(=O)NC3CCN(c4ccc(C#N)nn4)C3)CC2)cc1. The first-order chi connectivity index (χ1) is 13.5. The molecule has 2 aromatic rings. The third-order valence-electron chi connectivity index (χ3n) is 5.93. The van der Waals surface area contributed by atoms with E-state index in [2.05, 4.69) is 58.5 Å². The number of benzene rings is 1. The Labute approximate surface area is 165 Å². The van der Waals surface area contributed by atoms with Crippen LogP contribution >= 0.6 is 0 Å². The topological polar surface area (TPSA) is 81.9 Å². The van der Waals surface area contributed by atoms with Crippen molar-refractivity contribution in [1.82, 2.24) is 15.5 Å². The van der Waals surface area contributed by atoms with E-state index >= 15 is 0 Å². The van der Waals surface area contributed by atoms with Crippen LogP contribution in [0.5, 0.6) is 0 Å². The van der Waals surface area contributed by atoms with Gasteiger partial charge in [-0.3, -0.25) is 4.79 Å². The molecule has 0 radical (unpaired) electrons. The molecule has 1 aromatic heterocycles. The first-order valence-electron chi connectivity index (χ1n) is 9.92. The quantitative estimate of drug-likeness (QED) is 0.869. The van der Waals surface area contributed by atoms with Gasteiger partial charge in [0.05, 0.1) is 5.41 Å². The molecule has 0 bridgehead atoms. The molecule has 0 spiro atoms. The summed E-state index contributed by atoms with van der Waals surface area (Å²) >= 11 is 0. The highest BCUT2D eigenvalue weighted by Gasteiger charge is 2.51. The number of anilines is 1. The van der Waals surface area contributed by atoms with Gasteiger partial charge in [0.1, 0.15) is 6.07 Å². The summed E-state index contributed by atoms with van der Waals surface area (Å²) in [5.41, 5.74) is 2.39. The predicted molar refractivity (Wildman–Crippen MR) is 107 cm³/mol. The average molecular weight is 375 g/mol. The number of nitrogens with one attached hydrogen (secondary N) is 1. The van der Waals surface area contributed by atoms with Crippen molar-refractivity contribution in [2.75, 3.05) is 18.0 Å². The zero-order valence-electron chi connectivity index (χ0n) is 16.4. The first kappa shape index (κ1) is 18.4. The Kier molecular flexibility index (Phi) is 4.76. The van der Waals surface area contributed by atoms with Crippen molar-refractivity contribution in [3.05, 3.63) is 53.2 Å². The van der Waals surface area contributed by atoms with Gasteiger partial charge in [-0.25, -0.2) is 0 Å². The summed E-state index contributed by atoms with van der Waals surface area (Å²) < 4.78 is 0. The van der Waals surface area contributed by atoms with Gasteiger partial charge in [0.25, 0.3) is 0 Å². The second-order valence-electron chi connectivity index (χ2n) is 8.15. The smallest absolute Gasteiger partial charge is 0.230 e.